The van der Waals surface area contributed by atoms with E-state index in [1.807, 2.05) is 12.3 Å². The number of nitrogens with zero attached hydrogens (tertiary/aromatic N) is 1. The van der Waals surface area contributed by atoms with E-state index in [4.69, 9.17) is 0 Å². The molecular formula is C17H18N. The van der Waals surface area contributed by atoms with Gasteiger partial charge in [0, 0.05) is 11.8 Å². The molecule has 1 aliphatic rings. The maximum Gasteiger partial charge on any atom is 0.0704 e. The zero-order chi connectivity index (χ0) is 12.4. The number of aromatic nitrogens is 1. The highest BCUT2D eigenvalue weighted by Crippen LogP contribution is 2.32. The van der Waals surface area contributed by atoms with Crippen molar-refractivity contribution in [1.29, 1.82) is 0 Å². The van der Waals surface area contributed by atoms with Gasteiger partial charge in [-0.2, -0.15) is 0 Å². The van der Waals surface area contributed by atoms with Crippen LogP contribution in [-0.2, 0) is 12.8 Å². The average Bonchev–Trinajstić information content (AvgIpc) is 2.47. The molecule has 1 heteroatoms. The second-order valence-electron chi connectivity index (χ2n) is 4.88. The van der Waals surface area contributed by atoms with Gasteiger partial charge in [-0.25, -0.2) is 0 Å². The lowest BCUT2D eigenvalue weighted by atomic mass is 9.85. The smallest absolute Gasteiger partial charge is 0.0704 e. The van der Waals surface area contributed by atoms with Crippen LogP contribution in [0.2, 0.25) is 0 Å². The number of aryl methyl sites for hydroxylation is 1. The molecule has 0 saturated heterocycles. The molecule has 0 amide bonds. The number of benzene rings is 1. The van der Waals surface area contributed by atoms with Crippen molar-refractivity contribution in [2.24, 2.45) is 0 Å². The SMILES string of the molecule is CCc1cc2c(c(-c3ccccn3)c1)CCC[CH]2. The first-order valence-electron chi connectivity index (χ1n) is 6.79. The number of fused-ring (bicyclic) bond motifs is 1. The van der Waals surface area contributed by atoms with Crippen LogP contribution >= 0.6 is 0 Å². The quantitative estimate of drug-likeness (QED) is 0.761. The van der Waals surface area contributed by atoms with E-state index in [0.29, 0.717) is 0 Å². The van der Waals surface area contributed by atoms with Crippen molar-refractivity contribution in [3.8, 4) is 11.3 Å². The molecular weight excluding hydrogens is 218 g/mol. The fourth-order valence-electron chi connectivity index (χ4n) is 2.71. The second-order valence-corrected chi connectivity index (χ2v) is 4.88. The van der Waals surface area contributed by atoms with E-state index < -0.39 is 0 Å². The number of rotatable bonds is 2. The van der Waals surface area contributed by atoms with Crippen LogP contribution in [-0.4, -0.2) is 4.98 Å². The molecule has 0 aliphatic heterocycles. The second kappa shape index (κ2) is 4.93. The van der Waals surface area contributed by atoms with Crippen molar-refractivity contribution in [1.82, 2.24) is 4.98 Å². The van der Waals surface area contributed by atoms with Crippen LogP contribution in [0.4, 0.5) is 0 Å². The number of hydrogen-bond acceptors (Lipinski definition) is 1. The minimum atomic E-state index is 1.08. The summed E-state index contributed by atoms with van der Waals surface area (Å²) in [4.78, 5) is 4.52. The normalized spacial score (nSPS) is 14.3. The average molecular weight is 236 g/mol. The molecule has 1 aromatic carbocycles. The molecule has 1 nitrogen and oxygen atoms in total. The molecule has 0 spiro atoms. The predicted octanol–water partition coefficient (Wildman–Crippen LogP) is 4.20. The van der Waals surface area contributed by atoms with E-state index in [9.17, 15) is 0 Å². The summed E-state index contributed by atoms with van der Waals surface area (Å²) in [6.07, 6.45) is 9.00. The van der Waals surface area contributed by atoms with Crippen molar-refractivity contribution in [3.63, 3.8) is 0 Å². The van der Waals surface area contributed by atoms with Gasteiger partial charge in [0.15, 0.2) is 0 Å². The van der Waals surface area contributed by atoms with E-state index in [1.54, 1.807) is 0 Å². The maximum atomic E-state index is 4.52. The largest absolute Gasteiger partial charge is 0.256 e. The fraction of sp³-hybridized carbons (Fsp3) is 0.294. The van der Waals surface area contributed by atoms with E-state index in [0.717, 1.165) is 12.1 Å². The summed E-state index contributed by atoms with van der Waals surface area (Å²) in [6, 6.07) is 10.8. The van der Waals surface area contributed by atoms with Gasteiger partial charge in [-0.15, -0.1) is 0 Å². The molecule has 2 aromatic rings. The van der Waals surface area contributed by atoms with Gasteiger partial charge >= 0.3 is 0 Å². The van der Waals surface area contributed by atoms with E-state index in [-0.39, 0.29) is 0 Å². The highest BCUT2D eigenvalue weighted by atomic mass is 14.7. The molecule has 1 aliphatic carbocycles. The van der Waals surface area contributed by atoms with Crippen LogP contribution in [0, 0.1) is 6.42 Å². The summed E-state index contributed by atoms with van der Waals surface area (Å²) in [5, 5.41) is 0. The van der Waals surface area contributed by atoms with Crippen LogP contribution < -0.4 is 0 Å². The molecule has 91 valence electrons. The monoisotopic (exact) mass is 236 g/mol. The summed E-state index contributed by atoms with van der Waals surface area (Å²) < 4.78 is 0. The Balaban J connectivity index is 2.18. The number of pyridine rings is 1. The summed E-state index contributed by atoms with van der Waals surface area (Å²) in [6.45, 7) is 2.22. The van der Waals surface area contributed by atoms with Gasteiger partial charge in [-0.1, -0.05) is 19.1 Å². The highest BCUT2D eigenvalue weighted by Gasteiger charge is 2.16. The van der Waals surface area contributed by atoms with Gasteiger partial charge in [0.1, 0.15) is 0 Å². The summed E-state index contributed by atoms with van der Waals surface area (Å²) >= 11 is 0. The molecule has 18 heavy (non-hydrogen) atoms. The lowest BCUT2D eigenvalue weighted by molar-refractivity contribution is 0.774. The summed E-state index contributed by atoms with van der Waals surface area (Å²) in [7, 11) is 0. The lowest BCUT2D eigenvalue weighted by Crippen LogP contribution is -2.05. The zero-order valence-electron chi connectivity index (χ0n) is 10.8. The standard InChI is InChI=1S/C17H18N/c1-2-13-11-14-7-3-4-8-15(14)16(12-13)17-9-5-6-10-18-17/h5-7,9-12H,2-4,8H2,1H3. The molecule has 0 bridgehead atoms. The van der Waals surface area contributed by atoms with E-state index >= 15 is 0 Å². The van der Waals surface area contributed by atoms with Crippen molar-refractivity contribution < 1.29 is 0 Å². The maximum absolute atomic E-state index is 4.52. The van der Waals surface area contributed by atoms with Crippen molar-refractivity contribution in [2.75, 3.05) is 0 Å². The Morgan fingerprint density at radius 3 is 2.94 bits per heavy atom. The third kappa shape index (κ3) is 2.05. The van der Waals surface area contributed by atoms with Crippen LogP contribution in [0.15, 0.2) is 36.5 Å². The van der Waals surface area contributed by atoms with Gasteiger partial charge in [0.05, 0.1) is 5.69 Å². The number of hydrogen-bond donors (Lipinski definition) is 0. The van der Waals surface area contributed by atoms with Crippen LogP contribution in [0.3, 0.4) is 0 Å². The third-order valence-corrected chi connectivity index (χ3v) is 3.69. The molecule has 0 unspecified atom stereocenters. The molecule has 0 atom stereocenters. The Labute approximate surface area is 109 Å². The van der Waals surface area contributed by atoms with Crippen LogP contribution in [0.1, 0.15) is 36.5 Å². The molecule has 0 fully saturated rings. The first kappa shape index (κ1) is 11.5. The van der Waals surface area contributed by atoms with Crippen molar-refractivity contribution in [3.05, 3.63) is 59.6 Å². The first-order valence-corrected chi connectivity index (χ1v) is 6.79. The van der Waals surface area contributed by atoms with Gasteiger partial charge in [-0.3, -0.25) is 4.98 Å². The molecule has 1 heterocycles. The minimum Gasteiger partial charge on any atom is -0.256 e. The van der Waals surface area contributed by atoms with Crippen LogP contribution in [0.25, 0.3) is 11.3 Å². The molecule has 1 radical (unpaired) electrons. The van der Waals surface area contributed by atoms with E-state index in [1.165, 1.54) is 41.5 Å². The molecule has 1 aromatic heterocycles. The van der Waals surface area contributed by atoms with Crippen molar-refractivity contribution >= 4 is 0 Å². The van der Waals surface area contributed by atoms with Gasteiger partial charge in [-0.05, 0) is 67.0 Å². The Kier molecular flexibility index (Phi) is 3.14. The van der Waals surface area contributed by atoms with Crippen LogP contribution in [0.5, 0.6) is 0 Å². The Morgan fingerprint density at radius 1 is 1.22 bits per heavy atom. The summed E-state index contributed by atoms with van der Waals surface area (Å²) in [5.74, 6) is 0. The minimum absolute atomic E-state index is 1.08. The third-order valence-electron chi connectivity index (χ3n) is 3.69. The van der Waals surface area contributed by atoms with E-state index in [2.05, 4.69) is 42.6 Å². The molecule has 0 saturated carbocycles. The molecule has 0 N–H and O–H groups in total. The summed E-state index contributed by atoms with van der Waals surface area (Å²) in [5.41, 5.74) is 6.77. The molecule has 3 rings (SSSR count). The van der Waals surface area contributed by atoms with Gasteiger partial charge < -0.3 is 0 Å². The zero-order valence-corrected chi connectivity index (χ0v) is 10.8. The van der Waals surface area contributed by atoms with Gasteiger partial charge in [0.2, 0.25) is 0 Å². The fourth-order valence-corrected chi connectivity index (χ4v) is 2.71. The topological polar surface area (TPSA) is 12.9 Å². The highest BCUT2D eigenvalue weighted by molar-refractivity contribution is 5.68. The Hall–Kier alpha value is -1.63. The first-order chi connectivity index (χ1) is 8.88. The lowest BCUT2D eigenvalue weighted by Gasteiger charge is -2.20. The Bertz CT molecular complexity index is 543. The predicted molar refractivity (Wildman–Crippen MR) is 75.4 cm³/mol. The van der Waals surface area contributed by atoms with Crippen molar-refractivity contribution in [2.45, 2.75) is 32.6 Å². The van der Waals surface area contributed by atoms with Gasteiger partial charge in [0.25, 0.3) is 0 Å². The Morgan fingerprint density at radius 2 is 2.17 bits per heavy atom.